The first kappa shape index (κ1) is 17.2. The minimum absolute atomic E-state index is 0. The number of hydrogen-bond donors (Lipinski definition) is 2. The fourth-order valence-corrected chi connectivity index (χ4v) is 3.60. The maximum Gasteiger partial charge on any atom is 0.254 e. The zero-order valence-electron chi connectivity index (χ0n) is 12.8. The molecule has 0 aliphatic carbocycles. The summed E-state index contributed by atoms with van der Waals surface area (Å²) in [5.41, 5.74) is -0.596. The van der Waals surface area contributed by atoms with Crippen molar-refractivity contribution in [2.45, 2.75) is 25.5 Å². The van der Waals surface area contributed by atoms with Crippen LogP contribution in [-0.2, 0) is 4.79 Å². The Morgan fingerprint density at radius 2 is 2.14 bits per heavy atom. The van der Waals surface area contributed by atoms with Crippen LogP contribution in [0.5, 0.6) is 0 Å². The number of nitrogens with one attached hydrogen (secondary N) is 1. The highest BCUT2D eigenvalue weighted by Crippen LogP contribution is 2.43. The second-order valence-electron chi connectivity index (χ2n) is 6.60. The molecule has 3 rings (SSSR count). The molecular formula is C16H22ClFN2O2. The van der Waals surface area contributed by atoms with Crippen LogP contribution in [0.1, 0.15) is 25.5 Å². The van der Waals surface area contributed by atoms with Crippen LogP contribution in [0.25, 0.3) is 0 Å². The Morgan fingerprint density at radius 1 is 1.41 bits per heavy atom. The summed E-state index contributed by atoms with van der Waals surface area (Å²) in [5.74, 6) is 0.0615. The van der Waals surface area contributed by atoms with E-state index in [9.17, 15) is 14.3 Å². The molecule has 0 radical (unpaired) electrons. The van der Waals surface area contributed by atoms with Gasteiger partial charge in [0.15, 0.2) is 0 Å². The van der Waals surface area contributed by atoms with E-state index in [4.69, 9.17) is 0 Å². The molecule has 4 nitrogen and oxygen atoms in total. The van der Waals surface area contributed by atoms with E-state index in [0.717, 1.165) is 18.7 Å². The Balaban J connectivity index is 0.00000176. The van der Waals surface area contributed by atoms with Crippen LogP contribution < -0.4 is 5.32 Å². The highest BCUT2D eigenvalue weighted by molar-refractivity contribution is 5.85. The Morgan fingerprint density at radius 3 is 2.77 bits per heavy atom. The summed E-state index contributed by atoms with van der Waals surface area (Å²) >= 11 is 0. The van der Waals surface area contributed by atoms with Gasteiger partial charge in [0.25, 0.3) is 5.91 Å². The van der Waals surface area contributed by atoms with E-state index in [1.165, 1.54) is 26.0 Å². The van der Waals surface area contributed by atoms with Crippen molar-refractivity contribution in [2.75, 3.05) is 19.6 Å². The number of amides is 1. The quantitative estimate of drug-likeness (QED) is 0.869. The molecule has 2 saturated heterocycles. The molecule has 2 aliphatic heterocycles. The standard InChI is InChI=1S/C16H21FN2O2.ClH/c1-16(2,21)15(20)19-9-11-7-18-8-13(11)14(19)10-4-3-5-12(17)6-10;/h3-6,11,13-14,18,21H,7-9H2,1-2H3;1H/t11-,13-,14+;/m0./s1. The van der Waals surface area contributed by atoms with Crippen LogP contribution in [0.4, 0.5) is 4.39 Å². The van der Waals surface area contributed by atoms with Gasteiger partial charge in [-0.05, 0) is 37.5 Å². The van der Waals surface area contributed by atoms with Crippen LogP contribution in [0.15, 0.2) is 24.3 Å². The van der Waals surface area contributed by atoms with Crippen molar-refractivity contribution >= 4 is 18.3 Å². The molecule has 0 unspecified atom stereocenters. The molecule has 122 valence electrons. The van der Waals surface area contributed by atoms with Crippen molar-refractivity contribution in [3.05, 3.63) is 35.6 Å². The summed E-state index contributed by atoms with van der Waals surface area (Å²) < 4.78 is 13.6. The van der Waals surface area contributed by atoms with Crippen molar-refractivity contribution in [3.63, 3.8) is 0 Å². The zero-order valence-corrected chi connectivity index (χ0v) is 13.6. The van der Waals surface area contributed by atoms with Gasteiger partial charge in [-0.25, -0.2) is 4.39 Å². The fraction of sp³-hybridized carbons (Fsp3) is 0.562. The highest BCUT2D eigenvalue weighted by Gasteiger charge is 2.48. The zero-order chi connectivity index (χ0) is 15.2. The van der Waals surface area contributed by atoms with E-state index in [1.54, 1.807) is 11.0 Å². The summed E-state index contributed by atoms with van der Waals surface area (Å²) in [6, 6.07) is 6.27. The Labute approximate surface area is 136 Å². The lowest BCUT2D eigenvalue weighted by Crippen LogP contribution is -2.46. The molecule has 3 atom stereocenters. The number of hydrogen-bond acceptors (Lipinski definition) is 3. The van der Waals surface area contributed by atoms with Crippen LogP contribution in [-0.4, -0.2) is 41.1 Å². The van der Waals surface area contributed by atoms with Gasteiger partial charge < -0.3 is 15.3 Å². The molecule has 1 aromatic rings. The molecular weight excluding hydrogens is 307 g/mol. The average molecular weight is 329 g/mol. The molecule has 6 heteroatoms. The topological polar surface area (TPSA) is 52.6 Å². The molecule has 0 spiro atoms. The molecule has 2 aliphatic rings. The van der Waals surface area contributed by atoms with Gasteiger partial charge in [-0.1, -0.05) is 12.1 Å². The van der Waals surface area contributed by atoms with E-state index < -0.39 is 5.60 Å². The van der Waals surface area contributed by atoms with Crippen LogP contribution in [0, 0.1) is 17.7 Å². The number of halogens is 2. The summed E-state index contributed by atoms with van der Waals surface area (Å²) in [6.45, 7) is 5.31. The molecule has 22 heavy (non-hydrogen) atoms. The number of carbonyl (C=O) groups excluding carboxylic acids is 1. The van der Waals surface area contributed by atoms with Gasteiger partial charge >= 0.3 is 0 Å². The molecule has 2 heterocycles. The van der Waals surface area contributed by atoms with Gasteiger partial charge in [0.05, 0.1) is 6.04 Å². The second-order valence-corrected chi connectivity index (χ2v) is 6.60. The molecule has 1 amide bonds. The molecule has 0 aromatic heterocycles. The minimum atomic E-state index is -1.41. The number of aliphatic hydroxyl groups is 1. The van der Waals surface area contributed by atoms with Crippen LogP contribution in [0.3, 0.4) is 0 Å². The number of fused-ring (bicyclic) bond motifs is 1. The normalized spacial score (nSPS) is 27.5. The summed E-state index contributed by atoms with van der Waals surface area (Å²) in [7, 11) is 0. The third-order valence-electron chi connectivity index (χ3n) is 4.54. The first-order valence-corrected chi connectivity index (χ1v) is 7.37. The van der Waals surface area contributed by atoms with Gasteiger partial charge in [-0.2, -0.15) is 0 Å². The summed E-state index contributed by atoms with van der Waals surface area (Å²) in [5, 5.41) is 13.4. The monoisotopic (exact) mass is 328 g/mol. The molecule has 0 bridgehead atoms. The minimum Gasteiger partial charge on any atom is -0.381 e. The predicted molar refractivity (Wildman–Crippen MR) is 84.2 cm³/mol. The number of nitrogens with zero attached hydrogens (tertiary/aromatic N) is 1. The van der Waals surface area contributed by atoms with Crippen molar-refractivity contribution in [1.82, 2.24) is 10.2 Å². The average Bonchev–Trinajstić information content (AvgIpc) is 2.96. The van der Waals surface area contributed by atoms with Crippen molar-refractivity contribution in [2.24, 2.45) is 11.8 Å². The first-order valence-electron chi connectivity index (χ1n) is 7.37. The molecule has 2 N–H and O–H groups in total. The smallest absolute Gasteiger partial charge is 0.254 e. The lowest BCUT2D eigenvalue weighted by Gasteiger charge is -2.32. The summed E-state index contributed by atoms with van der Waals surface area (Å²) in [4.78, 5) is 14.3. The molecule has 2 fully saturated rings. The lowest BCUT2D eigenvalue weighted by molar-refractivity contribution is -0.149. The Hall–Kier alpha value is -1.17. The van der Waals surface area contributed by atoms with Crippen LogP contribution >= 0.6 is 12.4 Å². The van der Waals surface area contributed by atoms with Gasteiger partial charge in [0.1, 0.15) is 11.4 Å². The van der Waals surface area contributed by atoms with E-state index in [1.807, 2.05) is 6.07 Å². The van der Waals surface area contributed by atoms with E-state index in [2.05, 4.69) is 5.32 Å². The highest BCUT2D eigenvalue weighted by atomic mass is 35.5. The Kier molecular flexibility index (Phi) is 4.80. The largest absolute Gasteiger partial charge is 0.381 e. The van der Waals surface area contributed by atoms with Gasteiger partial charge in [0, 0.05) is 25.6 Å². The maximum atomic E-state index is 13.6. The number of benzene rings is 1. The van der Waals surface area contributed by atoms with Crippen molar-refractivity contribution in [3.8, 4) is 0 Å². The number of carbonyl (C=O) groups is 1. The number of rotatable bonds is 2. The maximum absolute atomic E-state index is 13.6. The number of likely N-dealkylation sites (tertiary alicyclic amines) is 1. The first-order chi connectivity index (χ1) is 9.88. The molecule has 1 aromatic carbocycles. The lowest BCUT2D eigenvalue weighted by atomic mass is 9.89. The van der Waals surface area contributed by atoms with Gasteiger partial charge in [-0.3, -0.25) is 4.79 Å². The SMILES string of the molecule is CC(C)(O)C(=O)N1C[C@@H]2CNC[C@@H]2[C@H]1c1cccc(F)c1.Cl. The van der Waals surface area contributed by atoms with E-state index in [-0.39, 0.29) is 36.1 Å². The Bertz CT molecular complexity index is 561. The van der Waals surface area contributed by atoms with Gasteiger partial charge in [0.2, 0.25) is 0 Å². The molecule has 0 saturated carbocycles. The predicted octanol–water partition coefficient (Wildman–Crippen LogP) is 1.74. The van der Waals surface area contributed by atoms with Crippen LogP contribution in [0.2, 0.25) is 0 Å². The fourth-order valence-electron chi connectivity index (χ4n) is 3.60. The summed E-state index contributed by atoms with van der Waals surface area (Å²) in [6.07, 6.45) is 0. The van der Waals surface area contributed by atoms with E-state index >= 15 is 0 Å². The van der Waals surface area contributed by atoms with Crippen molar-refractivity contribution in [1.29, 1.82) is 0 Å². The van der Waals surface area contributed by atoms with Gasteiger partial charge in [-0.15, -0.1) is 12.4 Å². The third kappa shape index (κ3) is 2.98. The third-order valence-corrected chi connectivity index (χ3v) is 4.54. The van der Waals surface area contributed by atoms with Crippen molar-refractivity contribution < 1.29 is 14.3 Å². The second kappa shape index (κ2) is 6.14. The van der Waals surface area contributed by atoms with E-state index in [0.29, 0.717) is 12.5 Å².